The van der Waals surface area contributed by atoms with Gasteiger partial charge in [-0.05, 0) is 19.4 Å². The second-order valence-electron chi connectivity index (χ2n) is 4.68. The molecule has 0 saturated heterocycles. The van der Waals surface area contributed by atoms with Crippen molar-refractivity contribution < 1.29 is 19.6 Å². The van der Waals surface area contributed by atoms with E-state index in [4.69, 9.17) is 5.11 Å². The van der Waals surface area contributed by atoms with Crippen LogP contribution in [-0.2, 0) is 4.79 Å². The molecule has 0 aromatic heterocycles. The first kappa shape index (κ1) is 15.6. The second kappa shape index (κ2) is 6.14. The molecule has 0 saturated carbocycles. The van der Waals surface area contributed by atoms with E-state index in [-0.39, 0.29) is 17.8 Å². The van der Waals surface area contributed by atoms with Crippen molar-refractivity contribution in [2.75, 3.05) is 6.54 Å². The van der Waals surface area contributed by atoms with E-state index in [9.17, 15) is 19.7 Å². The van der Waals surface area contributed by atoms with Gasteiger partial charge < -0.3 is 10.4 Å². The highest BCUT2D eigenvalue weighted by molar-refractivity contribution is 5.98. The Morgan fingerprint density at radius 2 is 2.00 bits per heavy atom. The lowest BCUT2D eigenvalue weighted by Crippen LogP contribution is -2.40. The van der Waals surface area contributed by atoms with Crippen LogP contribution < -0.4 is 5.32 Å². The number of nitrogens with zero attached hydrogens (tertiary/aromatic N) is 1. The van der Waals surface area contributed by atoms with Crippen LogP contribution >= 0.6 is 0 Å². The average Bonchev–Trinajstić information content (AvgIpc) is 2.44. The molecule has 1 aromatic carbocycles. The molecule has 1 rings (SSSR count). The summed E-state index contributed by atoms with van der Waals surface area (Å²) in [4.78, 5) is 33.2. The summed E-state index contributed by atoms with van der Waals surface area (Å²) in [6.07, 6.45) is 0.333. The van der Waals surface area contributed by atoms with Gasteiger partial charge in [0, 0.05) is 12.6 Å². The zero-order valence-electron chi connectivity index (χ0n) is 11.3. The molecule has 0 aliphatic rings. The van der Waals surface area contributed by atoms with Crippen molar-refractivity contribution in [1.82, 2.24) is 5.32 Å². The van der Waals surface area contributed by atoms with Crippen molar-refractivity contribution >= 4 is 17.6 Å². The number of aliphatic carboxylic acids is 1. The van der Waals surface area contributed by atoms with Gasteiger partial charge in [0.2, 0.25) is 0 Å². The number of nitro benzene ring substituents is 1. The van der Waals surface area contributed by atoms with E-state index < -0.39 is 22.2 Å². The van der Waals surface area contributed by atoms with E-state index in [0.29, 0.717) is 6.42 Å². The smallest absolute Gasteiger partial charge is 0.311 e. The maximum Gasteiger partial charge on any atom is 0.311 e. The summed E-state index contributed by atoms with van der Waals surface area (Å²) in [6, 6.07) is 5.53. The van der Waals surface area contributed by atoms with Gasteiger partial charge in [-0.25, -0.2) is 0 Å². The number of nitrogens with one attached hydrogen (secondary N) is 1. The molecule has 1 atom stereocenters. The maximum absolute atomic E-state index is 11.9. The number of hydrogen-bond acceptors (Lipinski definition) is 4. The summed E-state index contributed by atoms with van der Waals surface area (Å²) < 4.78 is 0. The first-order chi connectivity index (χ1) is 9.31. The quantitative estimate of drug-likeness (QED) is 0.610. The third-order valence-corrected chi connectivity index (χ3v) is 3.28. The lowest BCUT2D eigenvalue weighted by molar-refractivity contribution is -0.385. The van der Waals surface area contributed by atoms with Crippen LogP contribution in [0.15, 0.2) is 24.3 Å². The van der Waals surface area contributed by atoms with Crippen LogP contribution in [0, 0.1) is 15.5 Å². The second-order valence-corrected chi connectivity index (χ2v) is 4.68. The van der Waals surface area contributed by atoms with Gasteiger partial charge in [0.1, 0.15) is 5.56 Å². The largest absolute Gasteiger partial charge is 0.481 e. The van der Waals surface area contributed by atoms with Gasteiger partial charge in [0.25, 0.3) is 11.6 Å². The third-order valence-electron chi connectivity index (χ3n) is 3.28. The summed E-state index contributed by atoms with van der Waals surface area (Å²) >= 11 is 0. The van der Waals surface area contributed by atoms with Crippen molar-refractivity contribution in [2.24, 2.45) is 5.41 Å². The van der Waals surface area contributed by atoms with E-state index in [2.05, 4.69) is 5.32 Å². The third kappa shape index (κ3) is 3.31. The highest BCUT2D eigenvalue weighted by Gasteiger charge is 2.32. The minimum absolute atomic E-state index is 0.0821. The molecule has 0 spiro atoms. The van der Waals surface area contributed by atoms with Gasteiger partial charge in [-0.15, -0.1) is 0 Å². The molecule has 1 aromatic rings. The van der Waals surface area contributed by atoms with Gasteiger partial charge in [-0.1, -0.05) is 19.1 Å². The number of para-hydroxylation sites is 1. The molecule has 0 heterocycles. The van der Waals surface area contributed by atoms with Crippen LogP contribution in [0.5, 0.6) is 0 Å². The van der Waals surface area contributed by atoms with Crippen molar-refractivity contribution in [2.45, 2.75) is 20.3 Å². The number of benzene rings is 1. The molecule has 0 bridgehead atoms. The van der Waals surface area contributed by atoms with Crippen molar-refractivity contribution in [3.63, 3.8) is 0 Å². The van der Waals surface area contributed by atoms with Gasteiger partial charge in [-0.3, -0.25) is 19.7 Å². The zero-order chi connectivity index (χ0) is 15.3. The Labute approximate surface area is 115 Å². The fourth-order valence-corrected chi connectivity index (χ4v) is 1.55. The summed E-state index contributed by atoms with van der Waals surface area (Å²) in [7, 11) is 0. The Morgan fingerprint density at radius 3 is 2.50 bits per heavy atom. The Hall–Kier alpha value is -2.44. The number of carboxylic acids is 1. The molecule has 0 fully saturated rings. The number of nitro groups is 1. The monoisotopic (exact) mass is 280 g/mol. The van der Waals surface area contributed by atoms with Crippen LogP contribution in [0.3, 0.4) is 0 Å². The number of carboxylic acid groups (broad SMARTS) is 1. The SMILES string of the molecule is CCC(C)(CNC(=O)c1ccccc1[N+](=O)[O-])C(=O)O. The molecule has 7 heteroatoms. The molecule has 0 radical (unpaired) electrons. The predicted octanol–water partition coefficient (Wildman–Crippen LogP) is 1.83. The molecule has 7 nitrogen and oxygen atoms in total. The van der Waals surface area contributed by atoms with Crippen LogP contribution in [0.2, 0.25) is 0 Å². The fraction of sp³-hybridized carbons (Fsp3) is 0.385. The van der Waals surface area contributed by atoms with Crippen molar-refractivity contribution in [1.29, 1.82) is 0 Å². The Bertz CT molecular complexity index is 543. The first-order valence-electron chi connectivity index (χ1n) is 6.07. The van der Waals surface area contributed by atoms with E-state index in [1.54, 1.807) is 6.92 Å². The predicted molar refractivity (Wildman–Crippen MR) is 71.5 cm³/mol. The van der Waals surface area contributed by atoms with Crippen LogP contribution in [0.4, 0.5) is 5.69 Å². The van der Waals surface area contributed by atoms with E-state index in [0.717, 1.165) is 0 Å². The first-order valence-corrected chi connectivity index (χ1v) is 6.07. The topological polar surface area (TPSA) is 110 Å². The Kier molecular flexibility index (Phi) is 4.79. The normalized spacial score (nSPS) is 13.3. The number of rotatable bonds is 6. The summed E-state index contributed by atoms with van der Waals surface area (Å²) in [6.45, 7) is 3.12. The highest BCUT2D eigenvalue weighted by atomic mass is 16.6. The average molecular weight is 280 g/mol. The molecule has 1 unspecified atom stereocenters. The number of hydrogen-bond donors (Lipinski definition) is 2. The Balaban J connectivity index is 2.88. The summed E-state index contributed by atoms with van der Waals surface area (Å²) in [5.74, 6) is -1.68. The molecule has 0 aliphatic carbocycles. The van der Waals surface area contributed by atoms with Gasteiger partial charge in [0.15, 0.2) is 0 Å². The summed E-state index contributed by atoms with van der Waals surface area (Å²) in [5, 5.41) is 22.4. The van der Waals surface area contributed by atoms with Crippen LogP contribution in [-0.4, -0.2) is 28.5 Å². The maximum atomic E-state index is 11.9. The minimum atomic E-state index is -1.10. The zero-order valence-corrected chi connectivity index (χ0v) is 11.3. The molecule has 2 N–H and O–H groups in total. The van der Waals surface area contributed by atoms with E-state index >= 15 is 0 Å². The molecule has 1 amide bonds. The standard InChI is InChI=1S/C13H16N2O5/c1-3-13(2,12(17)18)8-14-11(16)9-6-4-5-7-10(9)15(19)20/h4-7H,3,8H2,1-2H3,(H,14,16)(H,17,18). The molecular weight excluding hydrogens is 264 g/mol. The lowest BCUT2D eigenvalue weighted by atomic mass is 9.87. The molecule has 20 heavy (non-hydrogen) atoms. The molecular formula is C13H16N2O5. The molecule has 0 aliphatic heterocycles. The van der Waals surface area contributed by atoms with Crippen molar-refractivity contribution in [3.8, 4) is 0 Å². The van der Waals surface area contributed by atoms with Gasteiger partial charge in [-0.2, -0.15) is 0 Å². The van der Waals surface area contributed by atoms with Gasteiger partial charge >= 0.3 is 5.97 Å². The fourth-order valence-electron chi connectivity index (χ4n) is 1.55. The highest BCUT2D eigenvalue weighted by Crippen LogP contribution is 2.21. The number of carbonyl (C=O) groups is 2. The van der Waals surface area contributed by atoms with E-state index in [1.807, 2.05) is 0 Å². The lowest BCUT2D eigenvalue weighted by Gasteiger charge is -2.23. The Morgan fingerprint density at radius 1 is 1.40 bits per heavy atom. The van der Waals surface area contributed by atoms with Gasteiger partial charge in [0.05, 0.1) is 10.3 Å². The van der Waals surface area contributed by atoms with Crippen molar-refractivity contribution in [3.05, 3.63) is 39.9 Å². The van der Waals surface area contributed by atoms with Crippen LogP contribution in [0.1, 0.15) is 30.6 Å². The van der Waals surface area contributed by atoms with Crippen LogP contribution in [0.25, 0.3) is 0 Å². The minimum Gasteiger partial charge on any atom is -0.481 e. The number of amides is 1. The number of carbonyl (C=O) groups excluding carboxylic acids is 1. The summed E-state index contributed by atoms with van der Waals surface area (Å²) in [5.41, 5.74) is -1.49. The van der Waals surface area contributed by atoms with E-state index in [1.165, 1.54) is 31.2 Å². The molecule has 108 valence electrons.